The molecule has 6 nitrogen and oxygen atoms in total. The number of fused-ring (bicyclic) bond motifs is 1. The van der Waals surface area contributed by atoms with E-state index in [1.165, 1.54) is 10.6 Å². The summed E-state index contributed by atoms with van der Waals surface area (Å²) < 4.78 is 1.52. The van der Waals surface area contributed by atoms with Crippen LogP contribution in [0.15, 0.2) is 67.0 Å². The van der Waals surface area contributed by atoms with Gasteiger partial charge in [0.15, 0.2) is 0 Å². The van der Waals surface area contributed by atoms with Crippen molar-refractivity contribution in [2.24, 2.45) is 0 Å². The summed E-state index contributed by atoms with van der Waals surface area (Å²) in [4.78, 5) is 21.3. The van der Waals surface area contributed by atoms with Gasteiger partial charge in [0.25, 0.3) is 5.91 Å². The summed E-state index contributed by atoms with van der Waals surface area (Å²) >= 11 is 0. The fraction of sp³-hybridized carbons (Fsp3) is 0.0500. The molecular formula is C20H17N5O. The molecule has 0 aliphatic carbocycles. The molecule has 0 bridgehead atoms. The minimum absolute atomic E-state index is 0.230. The molecule has 26 heavy (non-hydrogen) atoms. The highest BCUT2D eigenvalue weighted by molar-refractivity contribution is 5.98. The molecule has 0 radical (unpaired) electrons. The van der Waals surface area contributed by atoms with Gasteiger partial charge in [-0.05, 0) is 35.4 Å². The molecule has 4 rings (SSSR count). The van der Waals surface area contributed by atoms with Gasteiger partial charge >= 0.3 is 0 Å². The molecule has 0 fully saturated rings. The molecule has 0 amide bonds. The van der Waals surface area contributed by atoms with Crippen LogP contribution < -0.4 is 11.1 Å². The molecule has 0 spiro atoms. The number of aromatic nitrogens is 3. The van der Waals surface area contributed by atoms with E-state index >= 15 is 0 Å². The molecule has 2 heterocycles. The molecule has 2 aromatic carbocycles. The number of carbonyl (C=O) groups is 1. The second-order valence-corrected chi connectivity index (χ2v) is 6.10. The van der Waals surface area contributed by atoms with Crippen LogP contribution in [-0.2, 0) is 0 Å². The number of nitrogen functional groups attached to an aromatic ring is 1. The van der Waals surface area contributed by atoms with Gasteiger partial charge in [-0.25, -0.2) is 4.98 Å². The van der Waals surface area contributed by atoms with E-state index in [0.29, 0.717) is 0 Å². The zero-order valence-electron chi connectivity index (χ0n) is 14.2. The number of anilines is 3. The van der Waals surface area contributed by atoms with Crippen molar-refractivity contribution in [1.82, 2.24) is 14.5 Å². The molecule has 0 aliphatic rings. The lowest BCUT2D eigenvalue weighted by molar-refractivity contribution is 0.0955. The molecule has 0 aliphatic heterocycles. The van der Waals surface area contributed by atoms with Crippen LogP contribution in [-0.4, -0.2) is 20.4 Å². The van der Waals surface area contributed by atoms with Crippen molar-refractivity contribution in [2.45, 2.75) is 6.92 Å². The van der Waals surface area contributed by atoms with E-state index in [2.05, 4.69) is 15.3 Å². The Morgan fingerprint density at radius 2 is 1.73 bits per heavy atom. The second kappa shape index (κ2) is 6.33. The Morgan fingerprint density at radius 1 is 1.00 bits per heavy atom. The van der Waals surface area contributed by atoms with E-state index in [9.17, 15) is 4.79 Å². The molecule has 4 aromatic rings. The van der Waals surface area contributed by atoms with Gasteiger partial charge < -0.3 is 11.1 Å². The quantitative estimate of drug-likeness (QED) is 0.591. The number of nitrogens with two attached hydrogens (primary N) is 1. The minimum atomic E-state index is -0.261. The molecule has 0 saturated heterocycles. The summed E-state index contributed by atoms with van der Waals surface area (Å²) in [7, 11) is 0. The molecule has 3 N–H and O–H groups in total. The first-order chi connectivity index (χ1) is 12.6. The number of hydrogen-bond donors (Lipinski definition) is 2. The van der Waals surface area contributed by atoms with E-state index in [4.69, 9.17) is 5.73 Å². The fourth-order valence-electron chi connectivity index (χ4n) is 2.82. The number of aryl methyl sites for hydroxylation is 1. The molecule has 128 valence electrons. The first-order valence-corrected chi connectivity index (χ1v) is 8.18. The van der Waals surface area contributed by atoms with Crippen molar-refractivity contribution in [2.75, 3.05) is 11.1 Å². The first kappa shape index (κ1) is 15.8. The van der Waals surface area contributed by atoms with Gasteiger partial charge in [0, 0.05) is 24.1 Å². The normalized spacial score (nSPS) is 10.8. The van der Waals surface area contributed by atoms with Crippen molar-refractivity contribution < 1.29 is 4.79 Å². The highest BCUT2D eigenvalue weighted by Crippen LogP contribution is 2.18. The predicted octanol–water partition coefficient (Wildman–Crippen LogP) is 3.75. The molecule has 6 heteroatoms. The Morgan fingerprint density at radius 3 is 2.42 bits per heavy atom. The highest BCUT2D eigenvalue weighted by atomic mass is 16.2. The highest BCUT2D eigenvalue weighted by Gasteiger charge is 2.14. The number of hydrogen-bond acceptors (Lipinski definition) is 5. The second-order valence-electron chi connectivity index (χ2n) is 6.10. The largest absolute Gasteiger partial charge is 0.384 e. The van der Waals surface area contributed by atoms with Crippen LogP contribution in [0.2, 0.25) is 0 Å². The Labute approximate surface area is 150 Å². The van der Waals surface area contributed by atoms with E-state index in [1.54, 1.807) is 12.4 Å². The smallest absolute Gasteiger partial charge is 0.280 e. The van der Waals surface area contributed by atoms with Gasteiger partial charge in [-0.3, -0.25) is 9.36 Å². The topological polar surface area (TPSA) is 85.8 Å². The van der Waals surface area contributed by atoms with Gasteiger partial charge in [-0.2, -0.15) is 4.98 Å². The summed E-state index contributed by atoms with van der Waals surface area (Å²) in [5.41, 5.74) is 8.05. The van der Waals surface area contributed by atoms with Crippen LogP contribution in [0.3, 0.4) is 0 Å². The molecule has 2 aromatic heterocycles. The van der Waals surface area contributed by atoms with Crippen molar-refractivity contribution in [3.05, 3.63) is 78.2 Å². The van der Waals surface area contributed by atoms with E-state index in [0.717, 1.165) is 22.0 Å². The van der Waals surface area contributed by atoms with E-state index < -0.39 is 0 Å². The number of rotatable bonds is 3. The maximum atomic E-state index is 12.8. The third-order valence-electron chi connectivity index (χ3n) is 4.03. The van der Waals surface area contributed by atoms with Gasteiger partial charge in [0.2, 0.25) is 5.95 Å². The van der Waals surface area contributed by atoms with Crippen LogP contribution in [0, 0.1) is 6.92 Å². The maximum absolute atomic E-state index is 12.8. The molecule has 0 atom stereocenters. The van der Waals surface area contributed by atoms with Crippen molar-refractivity contribution >= 4 is 34.1 Å². The number of benzene rings is 2. The Bertz CT molecular complexity index is 1080. The standard InChI is InChI=1S/C20H17N5O/c1-13-5-4-8-16(9-13)22-20-23-17(10-18(21)24-20)19(26)25-11-14-6-2-3-7-15(14)12-25/h2-12H,1H3,(H3,21,22,23,24). The average Bonchev–Trinajstić information content (AvgIpc) is 3.04. The third kappa shape index (κ3) is 3.12. The Balaban J connectivity index is 1.67. The first-order valence-electron chi connectivity index (χ1n) is 8.18. The van der Waals surface area contributed by atoms with Gasteiger partial charge in [0.05, 0.1) is 0 Å². The monoisotopic (exact) mass is 343 g/mol. The van der Waals surface area contributed by atoms with Gasteiger partial charge in [-0.1, -0.05) is 36.4 Å². The summed E-state index contributed by atoms with van der Waals surface area (Å²) in [5, 5.41) is 5.07. The number of nitrogens with zero attached hydrogens (tertiary/aromatic N) is 3. The van der Waals surface area contributed by atoms with Crippen LogP contribution in [0.25, 0.3) is 10.8 Å². The Kier molecular flexibility index (Phi) is 3.85. The Hall–Kier alpha value is -3.67. The lowest BCUT2D eigenvalue weighted by Gasteiger charge is -2.08. The summed E-state index contributed by atoms with van der Waals surface area (Å²) in [6, 6.07) is 17.1. The van der Waals surface area contributed by atoms with Crippen molar-refractivity contribution in [1.29, 1.82) is 0 Å². The van der Waals surface area contributed by atoms with Crippen LogP contribution in [0.1, 0.15) is 16.1 Å². The van der Waals surface area contributed by atoms with Gasteiger partial charge in [0.1, 0.15) is 11.5 Å². The fourth-order valence-corrected chi connectivity index (χ4v) is 2.82. The average molecular weight is 343 g/mol. The maximum Gasteiger partial charge on any atom is 0.280 e. The third-order valence-corrected chi connectivity index (χ3v) is 4.03. The predicted molar refractivity (Wildman–Crippen MR) is 103 cm³/mol. The molecule has 0 unspecified atom stereocenters. The lowest BCUT2D eigenvalue weighted by atomic mass is 10.2. The number of carbonyl (C=O) groups excluding carboxylic acids is 1. The van der Waals surface area contributed by atoms with Crippen LogP contribution in [0.5, 0.6) is 0 Å². The van der Waals surface area contributed by atoms with Gasteiger partial charge in [-0.15, -0.1) is 0 Å². The summed E-state index contributed by atoms with van der Waals surface area (Å²) in [5.74, 6) is 0.258. The van der Waals surface area contributed by atoms with Crippen LogP contribution in [0.4, 0.5) is 17.5 Å². The number of nitrogens with one attached hydrogen (secondary N) is 1. The van der Waals surface area contributed by atoms with E-state index in [1.807, 2.05) is 55.5 Å². The SMILES string of the molecule is Cc1cccc(Nc2nc(N)cc(C(=O)n3cc4ccccc4c3)n2)c1. The summed E-state index contributed by atoms with van der Waals surface area (Å²) in [6.07, 6.45) is 3.56. The summed E-state index contributed by atoms with van der Waals surface area (Å²) in [6.45, 7) is 2.00. The van der Waals surface area contributed by atoms with Crippen molar-refractivity contribution in [3.63, 3.8) is 0 Å². The lowest BCUT2D eigenvalue weighted by Crippen LogP contribution is -2.14. The molecular weight excluding hydrogens is 326 g/mol. The van der Waals surface area contributed by atoms with E-state index in [-0.39, 0.29) is 23.4 Å². The van der Waals surface area contributed by atoms with Crippen molar-refractivity contribution in [3.8, 4) is 0 Å². The zero-order chi connectivity index (χ0) is 18.1. The molecule has 0 saturated carbocycles. The van der Waals surface area contributed by atoms with Crippen LogP contribution >= 0.6 is 0 Å². The zero-order valence-corrected chi connectivity index (χ0v) is 14.2. The minimum Gasteiger partial charge on any atom is -0.384 e.